The highest BCUT2D eigenvalue weighted by atomic mass is 32.2. The number of carbonyl (C=O) groups excluding carboxylic acids is 2. The molecule has 0 spiro atoms. The van der Waals surface area contributed by atoms with E-state index in [1.807, 2.05) is 0 Å². The summed E-state index contributed by atoms with van der Waals surface area (Å²) < 4.78 is 38.1. The fourth-order valence-corrected chi connectivity index (χ4v) is 3.73. The van der Waals surface area contributed by atoms with Crippen molar-refractivity contribution in [3.05, 3.63) is 34.4 Å². The maximum absolute atomic E-state index is 12.8. The van der Waals surface area contributed by atoms with Crippen LogP contribution in [0.1, 0.15) is 54.4 Å². The van der Waals surface area contributed by atoms with Gasteiger partial charge in [0, 0.05) is 12.5 Å². The van der Waals surface area contributed by atoms with E-state index in [4.69, 9.17) is 9.47 Å². The van der Waals surface area contributed by atoms with Gasteiger partial charge in [-0.3, -0.25) is 19.7 Å². The molecule has 11 heteroatoms. The molecule has 1 rings (SSSR count). The fraction of sp³-hybridized carbons (Fsp3) is 0.579. The molecule has 1 aromatic carbocycles. The van der Waals surface area contributed by atoms with Crippen LogP contribution in [0.2, 0.25) is 0 Å². The lowest BCUT2D eigenvalue weighted by molar-refractivity contribution is -0.387. The van der Waals surface area contributed by atoms with E-state index in [9.17, 15) is 28.1 Å². The molecule has 10 nitrogen and oxygen atoms in total. The minimum atomic E-state index is -4.46. The number of nitrogens with one attached hydrogen (secondary N) is 1. The van der Waals surface area contributed by atoms with Crippen molar-refractivity contribution in [3.63, 3.8) is 0 Å². The Morgan fingerprint density at radius 3 is 2.10 bits per heavy atom. The summed E-state index contributed by atoms with van der Waals surface area (Å²) >= 11 is 0. The molecule has 0 aliphatic heterocycles. The SMILES string of the molecule is CC(C)(C)OC(=O)CC[C@H](NS(=O)(=O)c1ccccc1[N+](=O)[O-])C(=O)OC(C)(C)C. The summed E-state index contributed by atoms with van der Waals surface area (Å²) in [6, 6.07) is 3.30. The normalized spacial score (nSPS) is 13.4. The second kappa shape index (κ2) is 9.52. The van der Waals surface area contributed by atoms with E-state index in [-0.39, 0.29) is 12.8 Å². The minimum absolute atomic E-state index is 0.246. The number of esters is 2. The number of sulfonamides is 1. The topological polar surface area (TPSA) is 142 Å². The van der Waals surface area contributed by atoms with Crippen LogP contribution in [0.5, 0.6) is 0 Å². The van der Waals surface area contributed by atoms with Crippen molar-refractivity contribution in [3.8, 4) is 0 Å². The zero-order chi connectivity index (χ0) is 23.3. The maximum atomic E-state index is 12.8. The highest BCUT2D eigenvalue weighted by Crippen LogP contribution is 2.24. The van der Waals surface area contributed by atoms with Crippen LogP contribution in [0, 0.1) is 10.1 Å². The third kappa shape index (κ3) is 8.46. The molecular formula is C19H28N2O8S. The van der Waals surface area contributed by atoms with Crippen LogP contribution in [0.3, 0.4) is 0 Å². The molecule has 0 saturated carbocycles. The molecule has 0 saturated heterocycles. The van der Waals surface area contributed by atoms with Gasteiger partial charge in [-0.05, 0) is 54.0 Å². The van der Waals surface area contributed by atoms with Gasteiger partial charge < -0.3 is 9.47 Å². The molecule has 168 valence electrons. The molecule has 1 N–H and O–H groups in total. The Labute approximate surface area is 176 Å². The summed E-state index contributed by atoms with van der Waals surface area (Å²) in [6.45, 7) is 9.83. The zero-order valence-corrected chi connectivity index (χ0v) is 18.7. The summed E-state index contributed by atoms with van der Waals surface area (Å²) in [7, 11) is -4.46. The first-order chi connectivity index (χ1) is 13.5. The van der Waals surface area contributed by atoms with Gasteiger partial charge in [0.05, 0.1) is 4.92 Å². The largest absolute Gasteiger partial charge is 0.460 e. The van der Waals surface area contributed by atoms with Gasteiger partial charge in [-0.1, -0.05) is 12.1 Å². The number of hydrogen-bond donors (Lipinski definition) is 1. The summed E-state index contributed by atoms with van der Waals surface area (Å²) in [5.41, 5.74) is -2.30. The molecule has 0 aliphatic carbocycles. The van der Waals surface area contributed by atoms with Gasteiger partial charge in [0.25, 0.3) is 5.69 Å². The van der Waals surface area contributed by atoms with Gasteiger partial charge in [0.15, 0.2) is 4.90 Å². The predicted molar refractivity (Wildman–Crippen MR) is 108 cm³/mol. The molecule has 0 amide bonds. The van der Waals surface area contributed by atoms with E-state index in [0.717, 1.165) is 12.1 Å². The minimum Gasteiger partial charge on any atom is -0.460 e. The van der Waals surface area contributed by atoms with E-state index in [1.54, 1.807) is 41.5 Å². The number of nitrogens with zero attached hydrogens (tertiary/aromatic N) is 1. The van der Waals surface area contributed by atoms with Crippen LogP contribution in [-0.4, -0.2) is 42.5 Å². The molecule has 30 heavy (non-hydrogen) atoms. The summed E-state index contributed by atoms with van der Waals surface area (Å²) in [6.07, 6.45) is -0.510. The zero-order valence-electron chi connectivity index (χ0n) is 17.9. The van der Waals surface area contributed by atoms with Crippen LogP contribution in [0.4, 0.5) is 5.69 Å². The fourth-order valence-electron chi connectivity index (χ4n) is 2.34. The van der Waals surface area contributed by atoms with Crippen molar-refractivity contribution in [2.75, 3.05) is 0 Å². The van der Waals surface area contributed by atoms with E-state index < -0.39 is 54.7 Å². The van der Waals surface area contributed by atoms with Gasteiger partial charge in [0.1, 0.15) is 17.2 Å². The quantitative estimate of drug-likeness (QED) is 0.366. The van der Waals surface area contributed by atoms with Crippen molar-refractivity contribution in [1.29, 1.82) is 0 Å². The number of nitro benzene ring substituents is 1. The highest BCUT2D eigenvalue weighted by molar-refractivity contribution is 7.89. The van der Waals surface area contributed by atoms with Crippen molar-refractivity contribution in [1.82, 2.24) is 4.72 Å². The van der Waals surface area contributed by atoms with E-state index in [0.29, 0.717) is 0 Å². The van der Waals surface area contributed by atoms with Gasteiger partial charge in [0.2, 0.25) is 10.0 Å². The van der Waals surface area contributed by atoms with Crippen LogP contribution in [0.15, 0.2) is 29.2 Å². The molecule has 0 heterocycles. The highest BCUT2D eigenvalue weighted by Gasteiger charge is 2.33. The van der Waals surface area contributed by atoms with Gasteiger partial charge in [-0.15, -0.1) is 0 Å². The monoisotopic (exact) mass is 444 g/mol. The number of nitro groups is 1. The number of hydrogen-bond acceptors (Lipinski definition) is 8. The number of ether oxygens (including phenoxy) is 2. The van der Waals surface area contributed by atoms with Crippen LogP contribution < -0.4 is 4.72 Å². The summed E-state index contributed by atoms with van der Waals surface area (Å²) in [5.74, 6) is -1.53. The van der Waals surface area contributed by atoms with Crippen molar-refractivity contribution >= 4 is 27.6 Å². The Morgan fingerprint density at radius 1 is 1.07 bits per heavy atom. The van der Waals surface area contributed by atoms with Gasteiger partial charge in [-0.25, -0.2) is 8.42 Å². The molecule has 0 aliphatic rings. The van der Waals surface area contributed by atoms with Crippen LogP contribution in [0.25, 0.3) is 0 Å². The molecule has 1 atom stereocenters. The third-order valence-electron chi connectivity index (χ3n) is 3.40. The number of rotatable bonds is 8. The van der Waals surface area contributed by atoms with E-state index >= 15 is 0 Å². The van der Waals surface area contributed by atoms with Gasteiger partial charge in [-0.2, -0.15) is 4.72 Å². The molecular weight excluding hydrogens is 416 g/mol. The number of benzene rings is 1. The van der Waals surface area contributed by atoms with Crippen molar-refractivity contribution < 1.29 is 32.4 Å². The Bertz CT molecular complexity index is 898. The Kier molecular flexibility index (Phi) is 8.09. The van der Waals surface area contributed by atoms with E-state index in [2.05, 4.69) is 4.72 Å². The maximum Gasteiger partial charge on any atom is 0.324 e. The molecule has 1 aromatic rings. The van der Waals surface area contributed by atoms with E-state index in [1.165, 1.54) is 12.1 Å². The number of carbonyl (C=O) groups is 2. The van der Waals surface area contributed by atoms with Gasteiger partial charge >= 0.3 is 11.9 Å². The van der Waals surface area contributed by atoms with Crippen molar-refractivity contribution in [2.45, 2.75) is 76.5 Å². The second-order valence-electron chi connectivity index (χ2n) is 8.56. The lowest BCUT2D eigenvalue weighted by Crippen LogP contribution is -2.44. The van der Waals surface area contributed by atoms with Crippen LogP contribution in [-0.2, 0) is 29.1 Å². The Morgan fingerprint density at radius 2 is 1.60 bits per heavy atom. The average Bonchev–Trinajstić information content (AvgIpc) is 2.55. The van der Waals surface area contributed by atoms with Crippen molar-refractivity contribution in [2.24, 2.45) is 0 Å². The molecule has 0 fully saturated rings. The molecule has 0 radical (unpaired) electrons. The predicted octanol–water partition coefficient (Wildman–Crippen LogP) is 2.71. The third-order valence-corrected chi connectivity index (χ3v) is 4.92. The summed E-state index contributed by atoms with van der Waals surface area (Å²) in [4.78, 5) is 34.3. The lowest BCUT2D eigenvalue weighted by Gasteiger charge is -2.25. The Hall–Kier alpha value is -2.53. The smallest absolute Gasteiger partial charge is 0.324 e. The summed E-state index contributed by atoms with van der Waals surface area (Å²) in [5, 5.41) is 11.2. The Balaban J connectivity index is 3.14. The number of para-hydroxylation sites is 1. The first kappa shape index (κ1) is 25.5. The molecule has 0 aromatic heterocycles. The van der Waals surface area contributed by atoms with Crippen LogP contribution >= 0.6 is 0 Å². The average molecular weight is 445 g/mol. The second-order valence-corrected chi connectivity index (χ2v) is 10.2. The molecule has 0 unspecified atom stereocenters. The molecule has 0 bridgehead atoms. The standard InChI is InChI=1S/C19H28N2O8S/c1-18(2,3)28-16(22)12-11-13(17(23)29-19(4,5)6)20-30(26,27)15-10-8-7-9-14(15)21(24)25/h7-10,13,20H,11-12H2,1-6H3/t13-/m0/s1. The first-order valence-electron chi connectivity index (χ1n) is 9.22. The first-order valence-corrected chi connectivity index (χ1v) is 10.7. The lowest BCUT2D eigenvalue weighted by atomic mass is 10.1.